The van der Waals surface area contributed by atoms with Crippen LogP contribution in [0.5, 0.6) is 0 Å². The Balaban J connectivity index is 2.12. The molecule has 2 rings (SSSR count). The van der Waals surface area contributed by atoms with Gasteiger partial charge in [-0.05, 0) is 66.6 Å². The molecule has 3 N–H and O–H groups in total. The van der Waals surface area contributed by atoms with Crippen molar-refractivity contribution in [3.8, 4) is 0 Å². The molecule has 3 nitrogen and oxygen atoms in total. The molecule has 0 radical (unpaired) electrons. The molecular weight excluding hydrogens is 336 g/mol. The van der Waals surface area contributed by atoms with Crippen molar-refractivity contribution in [3.63, 3.8) is 0 Å². The molecule has 5 heteroatoms. The van der Waals surface area contributed by atoms with Gasteiger partial charge in [0.15, 0.2) is 0 Å². The maximum Gasteiger partial charge on any atom is 0.0851 e. The molecule has 0 spiro atoms. The molecule has 1 aromatic heterocycles. The maximum atomic E-state index is 6.20. The number of halogens is 1. The molecule has 1 saturated carbocycles. The van der Waals surface area contributed by atoms with Gasteiger partial charge in [0.1, 0.15) is 0 Å². The number of nitrogens with two attached hydrogens (primary N) is 1. The summed E-state index contributed by atoms with van der Waals surface area (Å²) in [6.07, 6.45) is 5.59. The molecule has 1 aromatic rings. The van der Waals surface area contributed by atoms with Crippen LogP contribution in [0.15, 0.2) is 15.9 Å². The van der Waals surface area contributed by atoms with E-state index in [1.165, 1.54) is 21.5 Å². The van der Waals surface area contributed by atoms with Gasteiger partial charge in [0.25, 0.3) is 0 Å². The lowest BCUT2D eigenvalue weighted by Crippen LogP contribution is -2.57. The van der Waals surface area contributed by atoms with Gasteiger partial charge in [-0.25, -0.2) is 0 Å². The predicted octanol–water partition coefficient (Wildman–Crippen LogP) is 3.87. The van der Waals surface area contributed by atoms with Crippen LogP contribution >= 0.6 is 27.3 Å². The molecule has 0 saturated heterocycles. The minimum atomic E-state index is -0.105. The molecule has 0 amide bonds. The Labute approximate surface area is 134 Å². The van der Waals surface area contributed by atoms with Crippen LogP contribution in [-0.4, -0.2) is 18.2 Å². The zero-order valence-electron chi connectivity index (χ0n) is 12.3. The molecular formula is C15H25BrN2OS. The standard InChI is InChI=1S/C15H25BrN2OS/c1-3-19-15(8-6-11(2)7-9-15)13(18-17)10-12-4-5-14(16)20-12/h4-5,11,13,18H,3,6-10,17H2,1-2H3. The summed E-state index contributed by atoms with van der Waals surface area (Å²) in [6.45, 7) is 5.16. The highest BCUT2D eigenvalue weighted by Gasteiger charge is 2.41. The van der Waals surface area contributed by atoms with Gasteiger partial charge >= 0.3 is 0 Å². The summed E-state index contributed by atoms with van der Waals surface area (Å²) in [5, 5.41) is 0. The fourth-order valence-corrected chi connectivity index (χ4v) is 4.72. The van der Waals surface area contributed by atoms with Gasteiger partial charge < -0.3 is 4.74 Å². The molecule has 0 aromatic carbocycles. The normalized spacial score (nSPS) is 28.5. The minimum Gasteiger partial charge on any atom is -0.374 e. The lowest BCUT2D eigenvalue weighted by molar-refractivity contribution is -0.0960. The minimum absolute atomic E-state index is 0.105. The van der Waals surface area contributed by atoms with Crippen LogP contribution < -0.4 is 11.3 Å². The van der Waals surface area contributed by atoms with Crippen LogP contribution in [0, 0.1) is 5.92 Å². The molecule has 1 aliphatic carbocycles. The number of ether oxygens (including phenoxy) is 1. The Morgan fingerprint density at radius 3 is 2.70 bits per heavy atom. The summed E-state index contributed by atoms with van der Waals surface area (Å²) in [6, 6.07) is 4.45. The highest BCUT2D eigenvalue weighted by molar-refractivity contribution is 9.11. The van der Waals surface area contributed by atoms with Gasteiger partial charge in [-0.1, -0.05) is 6.92 Å². The SMILES string of the molecule is CCOC1(C(Cc2ccc(Br)s2)NN)CCC(C)CC1. The largest absolute Gasteiger partial charge is 0.374 e. The van der Waals surface area contributed by atoms with Crippen LogP contribution in [0.25, 0.3) is 0 Å². The van der Waals surface area contributed by atoms with E-state index in [0.29, 0.717) is 0 Å². The quantitative estimate of drug-likeness (QED) is 0.597. The summed E-state index contributed by atoms with van der Waals surface area (Å²) in [5.74, 6) is 6.67. The van der Waals surface area contributed by atoms with E-state index in [4.69, 9.17) is 10.6 Å². The highest BCUT2D eigenvalue weighted by atomic mass is 79.9. The van der Waals surface area contributed by atoms with E-state index in [1.807, 2.05) is 0 Å². The van der Waals surface area contributed by atoms with Gasteiger partial charge in [-0.2, -0.15) is 0 Å². The van der Waals surface area contributed by atoms with Gasteiger partial charge in [0.2, 0.25) is 0 Å². The molecule has 1 heterocycles. The first-order valence-electron chi connectivity index (χ1n) is 7.44. The van der Waals surface area contributed by atoms with Gasteiger partial charge in [0.05, 0.1) is 15.4 Å². The molecule has 1 unspecified atom stereocenters. The van der Waals surface area contributed by atoms with E-state index in [1.54, 1.807) is 11.3 Å². The molecule has 20 heavy (non-hydrogen) atoms. The fourth-order valence-electron chi connectivity index (χ4n) is 3.19. The third kappa shape index (κ3) is 3.83. The van der Waals surface area contributed by atoms with E-state index < -0.39 is 0 Å². The number of hydrogen-bond donors (Lipinski definition) is 2. The second kappa shape index (κ2) is 7.36. The van der Waals surface area contributed by atoms with E-state index in [2.05, 4.69) is 47.3 Å². The van der Waals surface area contributed by atoms with Crippen LogP contribution in [0.1, 0.15) is 44.4 Å². The Bertz CT molecular complexity index is 416. The van der Waals surface area contributed by atoms with Crippen molar-refractivity contribution in [3.05, 3.63) is 20.8 Å². The first kappa shape index (κ1) is 16.4. The summed E-state index contributed by atoms with van der Waals surface area (Å²) in [4.78, 5) is 1.34. The Kier molecular flexibility index (Phi) is 6.05. The molecule has 114 valence electrons. The lowest BCUT2D eigenvalue weighted by Gasteiger charge is -2.44. The maximum absolute atomic E-state index is 6.20. The molecule has 1 atom stereocenters. The zero-order valence-corrected chi connectivity index (χ0v) is 14.7. The third-order valence-electron chi connectivity index (χ3n) is 4.42. The average Bonchev–Trinajstić information content (AvgIpc) is 2.85. The summed E-state index contributed by atoms with van der Waals surface area (Å²) in [5.41, 5.74) is 2.93. The van der Waals surface area contributed by atoms with Crippen molar-refractivity contribution in [1.82, 2.24) is 5.43 Å². The number of hydrogen-bond acceptors (Lipinski definition) is 4. The fraction of sp³-hybridized carbons (Fsp3) is 0.733. The van der Waals surface area contributed by atoms with E-state index in [0.717, 1.165) is 31.8 Å². The van der Waals surface area contributed by atoms with Crippen molar-refractivity contribution in [2.45, 2.75) is 57.6 Å². The highest BCUT2D eigenvalue weighted by Crippen LogP contribution is 2.38. The smallest absolute Gasteiger partial charge is 0.0851 e. The Hall–Kier alpha value is 0.0600. The second-order valence-corrected chi connectivity index (χ2v) is 8.36. The van der Waals surface area contributed by atoms with Crippen LogP contribution in [0.2, 0.25) is 0 Å². The van der Waals surface area contributed by atoms with Crippen LogP contribution in [0.4, 0.5) is 0 Å². The molecule has 0 aliphatic heterocycles. The van der Waals surface area contributed by atoms with Crippen molar-refractivity contribution < 1.29 is 4.74 Å². The van der Waals surface area contributed by atoms with Gasteiger partial charge in [-0.3, -0.25) is 11.3 Å². The summed E-state index contributed by atoms with van der Waals surface area (Å²) < 4.78 is 7.37. The lowest BCUT2D eigenvalue weighted by atomic mass is 9.74. The average molecular weight is 361 g/mol. The van der Waals surface area contributed by atoms with E-state index in [-0.39, 0.29) is 11.6 Å². The first-order chi connectivity index (χ1) is 9.59. The van der Waals surface area contributed by atoms with Crippen molar-refractivity contribution in [1.29, 1.82) is 0 Å². The van der Waals surface area contributed by atoms with E-state index in [9.17, 15) is 0 Å². The summed E-state index contributed by atoms with van der Waals surface area (Å²) in [7, 11) is 0. The third-order valence-corrected chi connectivity index (χ3v) is 6.07. The number of thiophene rings is 1. The molecule has 0 bridgehead atoms. The molecule has 1 fully saturated rings. The van der Waals surface area contributed by atoms with Crippen molar-refractivity contribution >= 4 is 27.3 Å². The summed E-state index contributed by atoms with van der Waals surface area (Å²) >= 11 is 5.31. The van der Waals surface area contributed by atoms with Gasteiger partial charge in [0, 0.05) is 17.9 Å². The molecule has 1 aliphatic rings. The van der Waals surface area contributed by atoms with Crippen LogP contribution in [0.3, 0.4) is 0 Å². The van der Waals surface area contributed by atoms with Crippen LogP contribution in [-0.2, 0) is 11.2 Å². The Morgan fingerprint density at radius 1 is 1.50 bits per heavy atom. The number of rotatable bonds is 6. The second-order valence-electron chi connectivity index (χ2n) is 5.81. The first-order valence-corrected chi connectivity index (χ1v) is 9.05. The van der Waals surface area contributed by atoms with Crippen molar-refractivity contribution in [2.75, 3.05) is 6.61 Å². The Morgan fingerprint density at radius 2 is 2.20 bits per heavy atom. The van der Waals surface area contributed by atoms with E-state index >= 15 is 0 Å². The van der Waals surface area contributed by atoms with Gasteiger partial charge in [-0.15, -0.1) is 11.3 Å². The topological polar surface area (TPSA) is 47.3 Å². The van der Waals surface area contributed by atoms with Crippen molar-refractivity contribution in [2.24, 2.45) is 11.8 Å². The monoisotopic (exact) mass is 360 g/mol. The zero-order chi connectivity index (χ0) is 14.6. The number of hydrazine groups is 1. The number of nitrogens with one attached hydrogen (secondary N) is 1. The predicted molar refractivity (Wildman–Crippen MR) is 88.8 cm³/mol.